The Kier molecular flexibility index (Phi) is 11.2. The van der Waals surface area contributed by atoms with Gasteiger partial charge in [0.25, 0.3) is 0 Å². The molecule has 0 saturated carbocycles. The van der Waals surface area contributed by atoms with Gasteiger partial charge in [-0.2, -0.15) is 0 Å². The Morgan fingerprint density at radius 3 is 1.74 bits per heavy atom. The molecule has 3 heterocycles. The molecule has 0 spiro atoms. The van der Waals surface area contributed by atoms with Gasteiger partial charge in [0.2, 0.25) is 11.8 Å². The van der Waals surface area contributed by atoms with Crippen molar-refractivity contribution in [3.63, 3.8) is 0 Å². The maximum Gasteiger partial charge on any atom is 0.335 e. The van der Waals surface area contributed by atoms with E-state index < -0.39 is 116 Å². The smallest absolute Gasteiger partial charge is 0.335 e. The van der Waals surface area contributed by atoms with Crippen molar-refractivity contribution in [3.05, 3.63) is 0 Å². The van der Waals surface area contributed by atoms with Gasteiger partial charge < -0.3 is 69.7 Å². The van der Waals surface area contributed by atoms with Crippen LogP contribution in [0.2, 0.25) is 0 Å². The number of hydrogen-bond acceptors (Lipinski definition) is 15. The Morgan fingerprint density at radius 1 is 0.643 bits per heavy atom. The van der Waals surface area contributed by atoms with E-state index in [1.54, 1.807) is 0 Å². The van der Waals surface area contributed by atoms with Gasteiger partial charge in [0.15, 0.2) is 31.1 Å². The highest BCUT2D eigenvalue weighted by molar-refractivity contribution is 5.75. The Bertz CT molecular complexity index is 1000. The fourth-order valence-corrected chi connectivity index (χ4v) is 5.03. The molecule has 3 aliphatic rings. The zero-order chi connectivity index (χ0) is 31.6. The third-order valence-corrected chi connectivity index (χ3v) is 7.06. The molecule has 15 atom stereocenters. The normalized spacial score (nSPS) is 44.1. The minimum Gasteiger partial charge on any atom is -0.479 e. The average molecular weight is 611 g/mol. The average Bonchev–Trinajstić information content (AvgIpc) is 2.88. The van der Waals surface area contributed by atoms with E-state index in [1.165, 1.54) is 13.8 Å². The number of aliphatic hydroxyl groups is 5. The number of hydrogen-bond donors (Lipinski definition) is 8. The minimum atomic E-state index is -2.05. The van der Waals surface area contributed by atoms with Gasteiger partial charge in [0, 0.05) is 20.8 Å². The second-order valence-corrected chi connectivity index (χ2v) is 10.4. The number of carbonyl (C=O) groups excluding carboxylic acids is 3. The molecule has 18 nitrogen and oxygen atoms in total. The molecule has 0 aliphatic carbocycles. The van der Waals surface area contributed by atoms with Gasteiger partial charge in [0.05, 0.1) is 12.2 Å². The van der Waals surface area contributed by atoms with Crippen LogP contribution in [-0.4, -0.2) is 146 Å². The molecular weight excluding hydrogens is 572 g/mol. The van der Waals surface area contributed by atoms with Gasteiger partial charge in [-0.1, -0.05) is 0 Å². The zero-order valence-corrected chi connectivity index (χ0v) is 23.4. The summed E-state index contributed by atoms with van der Waals surface area (Å²) in [6.45, 7) is 5.98. The summed E-state index contributed by atoms with van der Waals surface area (Å²) in [5.74, 6) is -3.92. The topological polar surface area (TPSA) is 269 Å². The summed E-state index contributed by atoms with van der Waals surface area (Å²) in [5.41, 5.74) is 0. The standard InChI is InChI=1S/C24H38N2O16/c1-6-13(30)16(33)19(39-10(5)29)24(38-6)41-18-15(32)11(25-8(3)27)23(42-20(18)21(34)35)40-17-12(26-9(4)28)22(36)37-7(2)14(17)31/h6-7,11-20,22-24,30-33,36H,1-5H3,(H,25,27)(H,26,28)(H,34,35)/t6-,7+,11-,12+,13-,14+,15-,16+,17+,18-,19+,20+,22-,23+,24-/m0/s1. The lowest BCUT2D eigenvalue weighted by molar-refractivity contribution is -0.351. The Labute approximate surface area is 239 Å². The SMILES string of the molecule is CC(=O)N[C@@H]1[C@H](O[C@H]2[C@H](O)[C@@H](C)O[C@H](O)[C@@H]2NC(C)=O)O[C@@H](C(=O)O)[C@@H](O[C@@H]2O[C@@H](C)[C@H](O)[C@@H](O)[C@H]2OC(C)=O)[C@H]1O. The number of rotatable bonds is 8. The summed E-state index contributed by atoms with van der Waals surface area (Å²) in [7, 11) is 0. The minimum absolute atomic E-state index is 0.630. The molecule has 0 unspecified atom stereocenters. The van der Waals surface area contributed by atoms with Crippen LogP contribution < -0.4 is 10.6 Å². The summed E-state index contributed by atoms with van der Waals surface area (Å²) in [6.07, 6.45) is -21.0. The molecule has 2 amide bonds. The third kappa shape index (κ3) is 7.51. The van der Waals surface area contributed by atoms with E-state index in [1.807, 2.05) is 0 Å². The monoisotopic (exact) mass is 610 g/mol. The lowest BCUT2D eigenvalue weighted by Gasteiger charge is -2.49. The van der Waals surface area contributed by atoms with Crippen LogP contribution in [0.4, 0.5) is 0 Å². The molecule has 0 bridgehead atoms. The second kappa shape index (κ2) is 13.8. The van der Waals surface area contributed by atoms with Crippen molar-refractivity contribution < 1.29 is 78.2 Å². The van der Waals surface area contributed by atoms with Crippen LogP contribution in [0.5, 0.6) is 0 Å². The lowest BCUT2D eigenvalue weighted by Crippen LogP contribution is -2.70. The van der Waals surface area contributed by atoms with Gasteiger partial charge in [-0.05, 0) is 13.8 Å². The predicted molar refractivity (Wildman–Crippen MR) is 132 cm³/mol. The van der Waals surface area contributed by atoms with E-state index in [0.717, 1.165) is 20.8 Å². The van der Waals surface area contributed by atoms with Gasteiger partial charge in [-0.25, -0.2) is 4.79 Å². The molecule has 0 radical (unpaired) electrons. The second-order valence-electron chi connectivity index (χ2n) is 10.4. The van der Waals surface area contributed by atoms with Crippen molar-refractivity contribution in [3.8, 4) is 0 Å². The van der Waals surface area contributed by atoms with Crippen molar-refractivity contribution in [1.82, 2.24) is 10.6 Å². The summed E-state index contributed by atoms with van der Waals surface area (Å²) >= 11 is 0. The number of carbonyl (C=O) groups is 4. The fourth-order valence-electron chi connectivity index (χ4n) is 5.03. The number of carboxylic acids is 1. The molecule has 3 rings (SSSR count). The van der Waals surface area contributed by atoms with E-state index in [9.17, 15) is 49.8 Å². The number of amides is 2. The predicted octanol–water partition coefficient (Wildman–Crippen LogP) is -4.57. The van der Waals surface area contributed by atoms with Crippen LogP contribution in [0.3, 0.4) is 0 Å². The lowest BCUT2D eigenvalue weighted by atomic mass is 9.94. The van der Waals surface area contributed by atoms with E-state index in [2.05, 4.69) is 10.6 Å². The summed E-state index contributed by atoms with van der Waals surface area (Å²) in [5, 5.41) is 67.9. The molecular formula is C24H38N2O16. The number of esters is 1. The van der Waals surface area contributed by atoms with Crippen molar-refractivity contribution >= 4 is 23.8 Å². The van der Waals surface area contributed by atoms with Crippen LogP contribution in [0.15, 0.2) is 0 Å². The highest BCUT2D eigenvalue weighted by Gasteiger charge is 2.56. The first-order chi connectivity index (χ1) is 19.5. The first-order valence-corrected chi connectivity index (χ1v) is 13.1. The zero-order valence-electron chi connectivity index (χ0n) is 23.4. The summed E-state index contributed by atoms with van der Waals surface area (Å²) in [4.78, 5) is 47.8. The fraction of sp³-hybridized carbons (Fsp3) is 0.833. The van der Waals surface area contributed by atoms with E-state index in [-0.39, 0.29) is 0 Å². The van der Waals surface area contributed by atoms with Gasteiger partial charge >= 0.3 is 11.9 Å². The number of ether oxygens (including phenoxy) is 6. The number of nitrogens with one attached hydrogen (secondary N) is 2. The van der Waals surface area contributed by atoms with Gasteiger partial charge in [0.1, 0.15) is 48.7 Å². The first kappa shape index (κ1) is 34.0. The van der Waals surface area contributed by atoms with Crippen molar-refractivity contribution in [2.75, 3.05) is 0 Å². The number of carboxylic acid groups (broad SMARTS) is 1. The van der Waals surface area contributed by atoms with Crippen LogP contribution in [-0.2, 0) is 47.6 Å². The molecule has 0 aromatic heterocycles. The summed E-state index contributed by atoms with van der Waals surface area (Å²) < 4.78 is 32.9. The van der Waals surface area contributed by atoms with Crippen LogP contribution >= 0.6 is 0 Å². The maximum atomic E-state index is 12.3. The molecule has 18 heteroatoms. The Morgan fingerprint density at radius 2 is 1.19 bits per heavy atom. The molecule has 240 valence electrons. The molecule has 0 aromatic rings. The van der Waals surface area contributed by atoms with Gasteiger partial charge in [-0.15, -0.1) is 0 Å². The van der Waals surface area contributed by atoms with Crippen molar-refractivity contribution in [2.45, 2.75) is 127 Å². The van der Waals surface area contributed by atoms with Crippen LogP contribution in [0.25, 0.3) is 0 Å². The highest BCUT2D eigenvalue weighted by Crippen LogP contribution is 2.33. The molecule has 42 heavy (non-hydrogen) atoms. The van der Waals surface area contributed by atoms with E-state index >= 15 is 0 Å². The number of aliphatic hydroxyl groups excluding tert-OH is 5. The van der Waals surface area contributed by atoms with Crippen molar-refractivity contribution in [1.29, 1.82) is 0 Å². The van der Waals surface area contributed by atoms with Gasteiger partial charge in [-0.3, -0.25) is 14.4 Å². The Balaban J connectivity index is 1.94. The van der Waals surface area contributed by atoms with Crippen molar-refractivity contribution in [2.24, 2.45) is 0 Å². The van der Waals surface area contributed by atoms with Crippen LogP contribution in [0, 0.1) is 0 Å². The maximum absolute atomic E-state index is 12.3. The van der Waals surface area contributed by atoms with E-state index in [0.29, 0.717) is 0 Å². The molecule has 8 N–H and O–H groups in total. The molecule has 3 fully saturated rings. The quantitative estimate of drug-likeness (QED) is 0.120. The molecule has 0 aromatic carbocycles. The third-order valence-electron chi connectivity index (χ3n) is 7.06. The highest BCUT2D eigenvalue weighted by atomic mass is 16.7. The number of aliphatic carboxylic acids is 1. The van der Waals surface area contributed by atoms with E-state index in [4.69, 9.17) is 28.4 Å². The molecule has 3 saturated heterocycles. The first-order valence-electron chi connectivity index (χ1n) is 13.1. The largest absolute Gasteiger partial charge is 0.479 e. The Hall–Kier alpha value is -2.52. The summed E-state index contributed by atoms with van der Waals surface area (Å²) in [6, 6.07) is -2.95. The van der Waals surface area contributed by atoms with Crippen LogP contribution in [0.1, 0.15) is 34.6 Å². The molecule has 3 aliphatic heterocycles.